The molecule has 5 unspecified atom stereocenters. The fraction of sp³-hybridized carbons (Fsp3) is 0.526. The van der Waals surface area contributed by atoms with Gasteiger partial charge in [-0.2, -0.15) is 21.6 Å². The van der Waals surface area contributed by atoms with Gasteiger partial charge in [-0.15, -0.1) is 0 Å². The van der Waals surface area contributed by atoms with Crippen molar-refractivity contribution in [1.82, 2.24) is 0 Å². The first-order chi connectivity index (χ1) is 15.6. The van der Waals surface area contributed by atoms with Crippen molar-refractivity contribution in [3.8, 4) is 5.75 Å². The van der Waals surface area contributed by atoms with Crippen LogP contribution in [0.2, 0.25) is 0 Å². The van der Waals surface area contributed by atoms with Crippen molar-refractivity contribution < 1.29 is 64.2 Å². The van der Waals surface area contributed by atoms with Gasteiger partial charge in [0.2, 0.25) is 0 Å². The molecule has 2 rings (SSSR count). The summed E-state index contributed by atoms with van der Waals surface area (Å²) in [7, 11) is -5.98. The zero-order valence-electron chi connectivity index (χ0n) is 18.0. The quantitative estimate of drug-likeness (QED) is 0.241. The monoisotopic (exact) mass is 514 g/mol. The van der Waals surface area contributed by atoms with Crippen molar-refractivity contribution in [1.29, 1.82) is 0 Å². The fourth-order valence-electron chi connectivity index (χ4n) is 3.11. The van der Waals surface area contributed by atoms with E-state index in [1.807, 2.05) is 0 Å². The highest BCUT2D eigenvalue weighted by Gasteiger charge is 2.51. The van der Waals surface area contributed by atoms with Gasteiger partial charge in [0.15, 0.2) is 12.2 Å². The molecule has 0 spiro atoms. The Morgan fingerprint density at radius 1 is 1.03 bits per heavy atom. The number of aliphatic hydroxyl groups is 1. The predicted octanol–water partition coefficient (Wildman–Crippen LogP) is 1.14. The topological polar surface area (TPSA) is 152 Å². The average molecular weight is 514 g/mol. The Labute approximate surface area is 191 Å². The van der Waals surface area contributed by atoms with Crippen molar-refractivity contribution in [2.24, 2.45) is 0 Å². The molecule has 1 heterocycles. The first kappa shape index (κ1) is 27.3. The van der Waals surface area contributed by atoms with Gasteiger partial charge in [0, 0.05) is 20.8 Å². The SMILES string of the molecule is CC(=O)OCC1OC(c2cccc(OS(=O)(=O)C(F)(F)F)c2)C(O)C(OC(C)=O)C1OC(C)=O. The second-order valence-corrected chi connectivity index (χ2v) is 8.63. The van der Waals surface area contributed by atoms with Crippen LogP contribution >= 0.6 is 0 Å². The minimum atomic E-state index is -5.98. The van der Waals surface area contributed by atoms with E-state index in [1.54, 1.807) is 0 Å². The molecular weight excluding hydrogens is 493 g/mol. The van der Waals surface area contributed by atoms with E-state index in [0.717, 1.165) is 39.0 Å². The molecule has 0 aliphatic carbocycles. The largest absolute Gasteiger partial charge is 0.534 e. The van der Waals surface area contributed by atoms with Gasteiger partial charge in [-0.25, -0.2) is 0 Å². The van der Waals surface area contributed by atoms with Gasteiger partial charge in [0.25, 0.3) is 0 Å². The Morgan fingerprint density at radius 3 is 2.15 bits per heavy atom. The van der Waals surface area contributed by atoms with E-state index in [0.29, 0.717) is 0 Å². The number of carbonyl (C=O) groups excluding carboxylic acids is 3. The van der Waals surface area contributed by atoms with Gasteiger partial charge < -0.3 is 28.2 Å². The average Bonchev–Trinajstić information content (AvgIpc) is 2.68. The maximum absolute atomic E-state index is 12.6. The number of hydrogen-bond acceptors (Lipinski definition) is 11. The zero-order chi connectivity index (χ0) is 25.8. The highest BCUT2D eigenvalue weighted by atomic mass is 32.2. The van der Waals surface area contributed by atoms with Crippen LogP contribution in [0.4, 0.5) is 13.2 Å². The molecule has 0 amide bonds. The third-order valence-corrected chi connectivity index (χ3v) is 5.37. The molecule has 0 radical (unpaired) electrons. The number of rotatable bonds is 7. The van der Waals surface area contributed by atoms with Crippen LogP contribution in [-0.2, 0) is 43.4 Å². The van der Waals surface area contributed by atoms with Crippen LogP contribution in [-0.4, -0.2) is 68.0 Å². The molecule has 0 bridgehead atoms. The zero-order valence-corrected chi connectivity index (χ0v) is 18.8. The number of aliphatic hydroxyl groups excluding tert-OH is 1. The molecule has 1 aliphatic rings. The van der Waals surface area contributed by atoms with Crippen LogP contribution in [0.5, 0.6) is 5.75 Å². The van der Waals surface area contributed by atoms with Gasteiger partial charge in [0.1, 0.15) is 30.7 Å². The van der Waals surface area contributed by atoms with Crippen molar-refractivity contribution in [3.05, 3.63) is 29.8 Å². The maximum atomic E-state index is 12.6. The number of benzene rings is 1. The first-order valence-corrected chi connectivity index (χ1v) is 10.9. The molecule has 11 nitrogen and oxygen atoms in total. The summed E-state index contributed by atoms with van der Waals surface area (Å²) in [6.07, 6.45) is -7.43. The number of ether oxygens (including phenoxy) is 4. The van der Waals surface area contributed by atoms with E-state index < -0.39 is 76.4 Å². The van der Waals surface area contributed by atoms with Crippen LogP contribution in [0.1, 0.15) is 32.4 Å². The fourth-order valence-corrected chi connectivity index (χ4v) is 3.57. The van der Waals surface area contributed by atoms with E-state index in [4.69, 9.17) is 18.9 Å². The maximum Gasteiger partial charge on any atom is 0.534 e. The standard InChI is InChI=1S/C19H21F3O11S/c1-9(23)29-8-14-17(30-10(2)24)18(31-11(3)25)15(26)16(32-14)12-5-4-6-13(7-12)33-34(27,28)19(20,21)22/h4-7,14-18,26H,8H2,1-3H3. The lowest BCUT2D eigenvalue weighted by Crippen LogP contribution is -2.58. The number of esters is 3. The molecule has 34 heavy (non-hydrogen) atoms. The molecule has 1 fully saturated rings. The second kappa shape index (κ2) is 10.6. The van der Waals surface area contributed by atoms with E-state index in [-0.39, 0.29) is 5.56 Å². The molecule has 190 valence electrons. The van der Waals surface area contributed by atoms with Crippen LogP contribution in [0.25, 0.3) is 0 Å². The summed E-state index contributed by atoms with van der Waals surface area (Å²) in [5, 5.41) is 10.8. The summed E-state index contributed by atoms with van der Waals surface area (Å²) in [5.41, 5.74) is -5.76. The van der Waals surface area contributed by atoms with Crippen molar-refractivity contribution in [3.63, 3.8) is 0 Å². The third-order valence-electron chi connectivity index (χ3n) is 4.39. The van der Waals surface area contributed by atoms with E-state index in [2.05, 4.69) is 4.18 Å². The lowest BCUT2D eigenvalue weighted by molar-refractivity contribution is -0.249. The number of carbonyl (C=O) groups is 3. The summed E-state index contributed by atoms with van der Waals surface area (Å²) in [6, 6.07) is 4.17. The molecule has 0 saturated carbocycles. The van der Waals surface area contributed by atoms with Crippen LogP contribution in [0.3, 0.4) is 0 Å². The molecule has 5 atom stereocenters. The van der Waals surface area contributed by atoms with Gasteiger partial charge in [0.05, 0.1) is 0 Å². The third kappa shape index (κ3) is 6.80. The molecule has 1 aromatic rings. The Hall–Kier alpha value is -2.91. The minimum Gasteiger partial charge on any atom is -0.463 e. The van der Waals surface area contributed by atoms with Gasteiger partial charge in [-0.1, -0.05) is 12.1 Å². The van der Waals surface area contributed by atoms with Gasteiger partial charge >= 0.3 is 33.5 Å². The Kier molecular flexibility index (Phi) is 8.50. The van der Waals surface area contributed by atoms with Crippen LogP contribution in [0.15, 0.2) is 24.3 Å². The van der Waals surface area contributed by atoms with Gasteiger partial charge in [-0.05, 0) is 17.7 Å². The molecule has 1 N–H and O–H groups in total. The predicted molar refractivity (Wildman–Crippen MR) is 103 cm³/mol. The van der Waals surface area contributed by atoms with Crippen molar-refractivity contribution in [2.75, 3.05) is 6.61 Å². The van der Waals surface area contributed by atoms with E-state index >= 15 is 0 Å². The molecule has 1 aliphatic heterocycles. The molecule has 15 heteroatoms. The first-order valence-electron chi connectivity index (χ1n) is 9.54. The molecule has 0 aromatic heterocycles. The summed E-state index contributed by atoms with van der Waals surface area (Å²) < 4.78 is 85.4. The second-order valence-electron chi connectivity index (χ2n) is 7.09. The summed E-state index contributed by atoms with van der Waals surface area (Å²) in [5.74, 6) is -3.18. The van der Waals surface area contributed by atoms with E-state index in [1.165, 1.54) is 6.07 Å². The Balaban J connectivity index is 2.44. The van der Waals surface area contributed by atoms with E-state index in [9.17, 15) is 41.1 Å². The number of alkyl halides is 3. The molecular formula is C19H21F3O11S. The van der Waals surface area contributed by atoms with Crippen molar-refractivity contribution >= 4 is 28.0 Å². The van der Waals surface area contributed by atoms with Crippen LogP contribution < -0.4 is 4.18 Å². The Bertz CT molecular complexity index is 1020. The highest BCUT2D eigenvalue weighted by Crippen LogP contribution is 2.37. The van der Waals surface area contributed by atoms with Crippen LogP contribution in [0, 0.1) is 0 Å². The Morgan fingerprint density at radius 2 is 1.62 bits per heavy atom. The van der Waals surface area contributed by atoms with Gasteiger partial charge in [-0.3, -0.25) is 14.4 Å². The summed E-state index contributed by atoms with van der Waals surface area (Å²) >= 11 is 0. The minimum absolute atomic E-state index is 0.0753. The lowest BCUT2D eigenvalue weighted by atomic mass is 9.90. The lowest BCUT2D eigenvalue weighted by Gasteiger charge is -2.43. The molecule has 1 aromatic carbocycles. The normalized spacial score (nSPS) is 25.2. The number of halogens is 3. The van der Waals surface area contributed by atoms with Crippen molar-refractivity contribution in [2.45, 2.75) is 56.8 Å². The summed E-state index contributed by atoms with van der Waals surface area (Å²) in [6.45, 7) is 2.63. The molecule has 1 saturated heterocycles. The number of hydrogen-bond donors (Lipinski definition) is 1. The summed E-state index contributed by atoms with van der Waals surface area (Å²) in [4.78, 5) is 34.5. The smallest absolute Gasteiger partial charge is 0.463 e. The highest BCUT2D eigenvalue weighted by molar-refractivity contribution is 7.88.